The largest absolute Gasteiger partial charge is 0.416 e. The van der Waals surface area contributed by atoms with Crippen molar-refractivity contribution >= 4 is 11.6 Å². The molecule has 0 saturated heterocycles. The van der Waals surface area contributed by atoms with E-state index in [-0.39, 0.29) is 17.5 Å². The van der Waals surface area contributed by atoms with E-state index in [9.17, 15) is 18.0 Å². The first-order chi connectivity index (χ1) is 12.2. The zero-order valence-corrected chi connectivity index (χ0v) is 14.7. The van der Waals surface area contributed by atoms with Crippen molar-refractivity contribution in [1.82, 2.24) is 23.9 Å². The lowest BCUT2D eigenvalue weighted by molar-refractivity contribution is -0.137. The summed E-state index contributed by atoms with van der Waals surface area (Å²) in [6, 6.07) is 1.53. The maximum Gasteiger partial charge on any atom is 0.416 e. The predicted octanol–water partition coefficient (Wildman–Crippen LogP) is 3.28. The van der Waals surface area contributed by atoms with Crippen molar-refractivity contribution in [2.45, 2.75) is 33.1 Å². The van der Waals surface area contributed by atoms with Gasteiger partial charge in [-0.25, -0.2) is 14.3 Å². The van der Waals surface area contributed by atoms with Crippen LogP contribution in [0.15, 0.2) is 35.5 Å². The van der Waals surface area contributed by atoms with Gasteiger partial charge in [-0.1, -0.05) is 11.6 Å². The molecule has 26 heavy (non-hydrogen) atoms. The van der Waals surface area contributed by atoms with E-state index in [1.165, 1.54) is 4.57 Å². The summed E-state index contributed by atoms with van der Waals surface area (Å²) in [7, 11) is 0. The van der Waals surface area contributed by atoms with Gasteiger partial charge in [-0.05, 0) is 26.0 Å². The monoisotopic (exact) mass is 385 g/mol. The van der Waals surface area contributed by atoms with Crippen molar-refractivity contribution in [3.05, 3.63) is 63.2 Å². The Kier molecular flexibility index (Phi) is 4.66. The van der Waals surface area contributed by atoms with Gasteiger partial charge >= 0.3 is 11.9 Å². The van der Waals surface area contributed by atoms with Gasteiger partial charge in [0.1, 0.15) is 11.0 Å². The molecule has 3 heterocycles. The zero-order valence-electron chi connectivity index (χ0n) is 14.0. The van der Waals surface area contributed by atoms with Gasteiger partial charge in [-0.2, -0.15) is 18.3 Å². The summed E-state index contributed by atoms with van der Waals surface area (Å²) in [5.41, 5.74) is -0.215. The zero-order chi connectivity index (χ0) is 19.1. The standard InChI is InChI=1S/C16H15ClF3N5O/c1-3-24-9-11(6-21-24)8-23-7-10(2)25(15(23)26)14-5-12(16(18,19)20)4-13(17)22-14/h4-7,9H,3,8H2,1-2H3. The second-order valence-corrected chi connectivity index (χ2v) is 6.14. The molecule has 6 nitrogen and oxygen atoms in total. The number of halogens is 4. The van der Waals surface area contributed by atoms with E-state index >= 15 is 0 Å². The van der Waals surface area contributed by atoms with Gasteiger partial charge in [0.15, 0.2) is 0 Å². The highest BCUT2D eigenvalue weighted by atomic mass is 35.5. The molecule has 3 aromatic rings. The Morgan fingerprint density at radius 3 is 2.58 bits per heavy atom. The minimum Gasteiger partial charge on any atom is -0.294 e. The SMILES string of the molecule is CCn1cc(Cn2cc(C)n(-c3cc(C(F)(F)F)cc(Cl)n3)c2=O)cn1. The van der Waals surface area contributed by atoms with Crippen molar-refractivity contribution < 1.29 is 13.2 Å². The van der Waals surface area contributed by atoms with Crippen LogP contribution in [0.1, 0.15) is 23.7 Å². The van der Waals surface area contributed by atoms with Crippen LogP contribution < -0.4 is 5.69 Å². The first-order valence-electron chi connectivity index (χ1n) is 7.74. The number of aryl methyl sites for hydroxylation is 2. The Labute approximate surface area is 151 Å². The quantitative estimate of drug-likeness (QED) is 0.648. The van der Waals surface area contributed by atoms with Crippen molar-refractivity contribution in [3.63, 3.8) is 0 Å². The highest BCUT2D eigenvalue weighted by Crippen LogP contribution is 2.31. The van der Waals surface area contributed by atoms with Gasteiger partial charge < -0.3 is 0 Å². The van der Waals surface area contributed by atoms with E-state index in [1.54, 1.807) is 30.2 Å². The second kappa shape index (κ2) is 6.64. The van der Waals surface area contributed by atoms with E-state index in [1.807, 2.05) is 6.92 Å². The molecule has 0 fully saturated rings. The van der Waals surface area contributed by atoms with Crippen LogP contribution in [0.5, 0.6) is 0 Å². The molecule has 3 aromatic heterocycles. The molecule has 0 aliphatic carbocycles. The van der Waals surface area contributed by atoms with Gasteiger partial charge in [-0.15, -0.1) is 0 Å². The van der Waals surface area contributed by atoms with Crippen LogP contribution in [-0.2, 0) is 19.3 Å². The van der Waals surface area contributed by atoms with Crippen LogP contribution in [0.3, 0.4) is 0 Å². The minimum absolute atomic E-state index is 0.171. The lowest BCUT2D eigenvalue weighted by Gasteiger charge is -2.10. The van der Waals surface area contributed by atoms with E-state index in [4.69, 9.17) is 11.6 Å². The van der Waals surface area contributed by atoms with Crippen molar-refractivity contribution in [1.29, 1.82) is 0 Å². The van der Waals surface area contributed by atoms with E-state index in [0.29, 0.717) is 12.2 Å². The van der Waals surface area contributed by atoms with Crippen LogP contribution >= 0.6 is 11.6 Å². The fourth-order valence-electron chi connectivity index (χ4n) is 2.63. The van der Waals surface area contributed by atoms with Gasteiger partial charge in [-0.3, -0.25) is 9.25 Å². The first-order valence-corrected chi connectivity index (χ1v) is 8.12. The minimum atomic E-state index is -4.59. The van der Waals surface area contributed by atoms with Gasteiger partial charge in [0.2, 0.25) is 0 Å². The summed E-state index contributed by atoms with van der Waals surface area (Å²) in [5, 5.41) is 3.80. The molecule has 0 aromatic carbocycles. The Hall–Kier alpha value is -2.55. The number of rotatable bonds is 4. The van der Waals surface area contributed by atoms with Crippen LogP contribution in [0, 0.1) is 6.92 Å². The number of imidazole rings is 1. The third kappa shape index (κ3) is 3.52. The fourth-order valence-corrected chi connectivity index (χ4v) is 2.83. The third-order valence-electron chi connectivity index (χ3n) is 3.83. The third-order valence-corrected chi connectivity index (χ3v) is 4.03. The van der Waals surface area contributed by atoms with Gasteiger partial charge in [0.05, 0.1) is 18.3 Å². The molecule has 0 aliphatic heterocycles. The van der Waals surface area contributed by atoms with Crippen LogP contribution in [0.2, 0.25) is 5.15 Å². The van der Waals surface area contributed by atoms with E-state index in [0.717, 1.165) is 22.3 Å². The van der Waals surface area contributed by atoms with Crippen molar-refractivity contribution in [2.75, 3.05) is 0 Å². The molecular formula is C16H15ClF3N5O. The van der Waals surface area contributed by atoms with E-state index in [2.05, 4.69) is 10.1 Å². The summed E-state index contributed by atoms with van der Waals surface area (Å²) in [4.78, 5) is 16.6. The number of aromatic nitrogens is 5. The fraction of sp³-hybridized carbons (Fsp3) is 0.312. The highest BCUT2D eigenvalue weighted by molar-refractivity contribution is 6.29. The number of hydrogen-bond acceptors (Lipinski definition) is 3. The maximum atomic E-state index is 13.0. The number of hydrogen-bond donors (Lipinski definition) is 0. The molecule has 0 atom stereocenters. The lowest BCUT2D eigenvalue weighted by Crippen LogP contribution is -2.25. The van der Waals surface area contributed by atoms with E-state index < -0.39 is 17.4 Å². The van der Waals surface area contributed by atoms with Crippen LogP contribution in [0.4, 0.5) is 13.2 Å². The Morgan fingerprint density at radius 2 is 1.96 bits per heavy atom. The molecule has 0 bridgehead atoms. The molecule has 0 aliphatic rings. The van der Waals surface area contributed by atoms with Gasteiger partial charge in [0.25, 0.3) is 0 Å². The predicted molar refractivity (Wildman–Crippen MR) is 89.6 cm³/mol. The molecule has 0 radical (unpaired) electrons. The molecule has 0 saturated carbocycles. The number of nitrogens with zero attached hydrogens (tertiary/aromatic N) is 5. The summed E-state index contributed by atoms with van der Waals surface area (Å²) in [6.07, 6.45) is 0.415. The Morgan fingerprint density at radius 1 is 1.23 bits per heavy atom. The summed E-state index contributed by atoms with van der Waals surface area (Å²) >= 11 is 5.72. The normalized spacial score (nSPS) is 11.9. The summed E-state index contributed by atoms with van der Waals surface area (Å²) < 4.78 is 43.2. The molecule has 138 valence electrons. The second-order valence-electron chi connectivity index (χ2n) is 5.76. The Bertz CT molecular complexity index is 1000. The van der Waals surface area contributed by atoms with Gasteiger partial charge in [0, 0.05) is 30.2 Å². The molecule has 0 N–H and O–H groups in total. The average molecular weight is 386 g/mol. The highest BCUT2D eigenvalue weighted by Gasteiger charge is 2.32. The molecular weight excluding hydrogens is 371 g/mol. The molecule has 0 amide bonds. The first kappa shape index (κ1) is 18.2. The summed E-state index contributed by atoms with van der Waals surface area (Å²) in [5.74, 6) is -0.171. The number of alkyl halides is 3. The number of pyridine rings is 1. The Balaban J connectivity index is 2.03. The van der Waals surface area contributed by atoms with Crippen LogP contribution in [0.25, 0.3) is 5.82 Å². The van der Waals surface area contributed by atoms with Crippen LogP contribution in [-0.4, -0.2) is 23.9 Å². The van der Waals surface area contributed by atoms with Crippen molar-refractivity contribution in [3.8, 4) is 5.82 Å². The molecule has 3 rings (SSSR count). The lowest BCUT2D eigenvalue weighted by atomic mass is 10.2. The molecule has 0 unspecified atom stereocenters. The molecule has 0 spiro atoms. The smallest absolute Gasteiger partial charge is 0.294 e. The summed E-state index contributed by atoms with van der Waals surface area (Å²) in [6.45, 7) is 4.50. The topological polar surface area (TPSA) is 57.6 Å². The molecule has 10 heteroatoms. The maximum absolute atomic E-state index is 13.0. The average Bonchev–Trinajstić information content (AvgIpc) is 3.11. The van der Waals surface area contributed by atoms with Crippen molar-refractivity contribution in [2.24, 2.45) is 0 Å².